The van der Waals surface area contributed by atoms with Crippen molar-refractivity contribution in [3.8, 4) is 0 Å². The van der Waals surface area contributed by atoms with Gasteiger partial charge in [-0.15, -0.1) is 0 Å². The Labute approximate surface area is 162 Å². The van der Waals surface area contributed by atoms with Gasteiger partial charge >= 0.3 is 0 Å². The number of rotatable bonds is 7. The monoisotopic (exact) mass is 388 g/mol. The fraction of sp³-hybridized carbons (Fsp3) is 0.381. The molecule has 0 heterocycles. The minimum Gasteiger partial charge on any atom is -0.326 e. The highest BCUT2D eigenvalue weighted by Crippen LogP contribution is 2.23. The lowest BCUT2D eigenvalue weighted by molar-refractivity contribution is -0.116. The SMILES string of the molecule is Cc1ccc(N(CCCC(=O)Nc2c(C)cc(C)cc2C)S(C)(=O)=O)cc1. The number of amides is 1. The molecule has 0 radical (unpaired) electrons. The van der Waals surface area contributed by atoms with E-state index in [-0.39, 0.29) is 18.9 Å². The first kappa shape index (κ1) is 21.0. The lowest BCUT2D eigenvalue weighted by Crippen LogP contribution is -2.31. The molecule has 2 aromatic rings. The maximum absolute atomic E-state index is 12.3. The molecule has 0 bridgehead atoms. The van der Waals surface area contributed by atoms with Crippen LogP contribution in [-0.2, 0) is 14.8 Å². The fourth-order valence-corrected chi connectivity index (χ4v) is 4.13. The van der Waals surface area contributed by atoms with Gasteiger partial charge in [-0.25, -0.2) is 8.42 Å². The molecule has 0 unspecified atom stereocenters. The average molecular weight is 389 g/mol. The van der Waals surface area contributed by atoms with Gasteiger partial charge in [0.1, 0.15) is 0 Å². The van der Waals surface area contributed by atoms with E-state index in [0.717, 1.165) is 27.9 Å². The van der Waals surface area contributed by atoms with Gasteiger partial charge in [-0.3, -0.25) is 9.10 Å². The van der Waals surface area contributed by atoms with E-state index in [1.54, 1.807) is 12.1 Å². The Kier molecular flexibility index (Phi) is 6.65. The molecule has 2 aromatic carbocycles. The molecule has 0 saturated heterocycles. The predicted molar refractivity (Wildman–Crippen MR) is 112 cm³/mol. The van der Waals surface area contributed by atoms with E-state index >= 15 is 0 Å². The first-order chi connectivity index (χ1) is 12.6. The highest BCUT2D eigenvalue weighted by Gasteiger charge is 2.17. The summed E-state index contributed by atoms with van der Waals surface area (Å²) in [7, 11) is -3.40. The Morgan fingerprint density at radius 3 is 2.04 bits per heavy atom. The fourth-order valence-electron chi connectivity index (χ4n) is 3.16. The van der Waals surface area contributed by atoms with E-state index < -0.39 is 10.0 Å². The molecular weight excluding hydrogens is 360 g/mol. The van der Waals surface area contributed by atoms with Gasteiger partial charge in [0.15, 0.2) is 0 Å². The summed E-state index contributed by atoms with van der Waals surface area (Å²) in [5.41, 5.74) is 5.73. The number of hydrogen-bond donors (Lipinski definition) is 1. The van der Waals surface area contributed by atoms with Gasteiger partial charge in [0.25, 0.3) is 0 Å². The minimum absolute atomic E-state index is 0.109. The maximum Gasteiger partial charge on any atom is 0.232 e. The Bertz CT molecular complexity index is 896. The van der Waals surface area contributed by atoms with Crippen LogP contribution in [0.2, 0.25) is 0 Å². The van der Waals surface area contributed by atoms with E-state index in [1.165, 1.54) is 10.6 Å². The molecule has 0 spiro atoms. The lowest BCUT2D eigenvalue weighted by atomic mass is 10.0. The van der Waals surface area contributed by atoms with E-state index in [4.69, 9.17) is 0 Å². The van der Waals surface area contributed by atoms with E-state index in [0.29, 0.717) is 12.1 Å². The van der Waals surface area contributed by atoms with Crippen LogP contribution in [-0.4, -0.2) is 27.1 Å². The maximum atomic E-state index is 12.3. The largest absolute Gasteiger partial charge is 0.326 e. The highest BCUT2D eigenvalue weighted by molar-refractivity contribution is 7.92. The molecule has 6 heteroatoms. The molecule has 1 amide bonds. The molecule has 146 valence electrons. The van der Waals surface area contributed by atoms with Crippen molar-refractivity contribution >= 4 is 27.3 Å². The van der Waals surface area contributed by atoms with Gasteiger partial charge in [0.05, 0.1) is 11.9 Å². The van der Waals surface area contributed by atoms with E-state index in [9.17, 15) is 13.2 Å². The zero-order valence-corrected chi connectivity index (χ0v) is 17.5. The van der Waals surface area contributed by atoms with Crippen LogP contribution in [0, 0.1) is 27.7 Å². The molecule has 0 aromatic heterocycles. The van der Waals surface area contributed by atoms with Crippen LogP contribution in [0.3, 0.4) is 0 Å². The number of nitrogens with one attached hydrogen (secondary N) is 1. The molecule has 27 heavy (non-hydrogen) atoms. The Morgan fingerprint density at radius 2 is 1.52 bits per heavy atom. The number of carbonyl (C=O) groups excluding carboxylic acids is 1. The second-order valence-electron chi connectivity index (χ2n) is 7.10. The summed E-state index contributed by atoms with van der Waals surface area (Å²) in [6.07, 6.45) is 1.88. The molecule has 2 rings (SSSR count). The van der Waals surface area contributed by atoms with Gasteiger partial charge < -0.3 is 5.32 Å². The van der Waals surface area contributed by atoms with Crippen LogP contribution in [0.1, 0.15) is 35.1 Å². The Morgan fingerprint density at radius 1 is 0.963 bits per heavy atom. The first-order valence-electron chi connectivity index (χ1n) is 9.00. The van der Waals surface area contributed by atoms with Crippen LogP contribution >= 0.6 is 0 Å². The summed E-state index contributed by atoms with van der Waals surface area (Å²) >= 11 is 0. The zero-order chi connectivity index (χ0) is 20.2. The number of aryl methyl sites for hydroxylation is 4. The third-order valence-electron chi connectivity index (χ3n) is 4.43. The van der Waals surface area contributed by atoms with Crippen LogP contribution in [0.4, 0.5) is 11.4 Å². The van der Waals surface area contributed by atoms with Crippen molar-refractivity contribution in [1.29, 1.82) is 0 Å². The van der Waals surface area contributed by atoms with Crippen molar-refractivity contribution in [2.45, 2.75) is 40.5 Å². The summed E-state index contributed by atoms with van der Waals surface area (Å²) in [6.45, 7) is 8.18. The number of benzene rings is 2. The van der Waals surface area contributed by atoms with Crippen LogP contribution < -0.4 is 9.62 Å². The third kappa shape index (κ3) is 5.82. The highest BCUT2D eigenvalue weighted by atomic mass is 32.2. The van der Waals surface area contributed by atoms with Crippen molar-refractivity contribution in [3.05, 3.63) is 58.7 Å². The van der Waals surface area contributed by atoms with Crippen molar-refractivity contribution in [2.24, 2.45) is 0 Å². The smallest absolute Gasteiger partial charge is 0.232 e. The first-order valence-corrected chi connectivity index (χ1v) is 10.8. The van der Waals surface area contributed by atoms with Gasteiger partial charge in [-0.05, 0) is 57.4 Å². The summed E-state index contributed by atoms with van der Waals surface area (Å²) < 4.78 is 25.6. The minimum atomic E-state index is -3.40. The summed E-state index contributed by atoms with van der Waals surface area (Å²) in [6, 6.07) is 11.4. The van der Waals surface area contributed by atoms with E-state index in [1.807, 2.05) is 52.0 Å². The van der Waals surface area contributed by atoms with Crippen molar-refractivity contribution < 1.29 is 13.2 Å². The number of hydrogen-bond acceptors (Lipinski definition) is 3. The molecule has 0 fully saturated rings. The molecule has 0 aliphatic heterocycles. The van der Waals surface area contributed by atoms with Crippen molar-refractivity contribution in [3.63, 3.8) is 0 Å². The number of anilines is 2. The number of sulfonamides is 1. The predicted octanol–water partition coefficient (Wildman–Crippen LogP) is 4.11. The van der Waals surface area contributed by atoms with Gasteiger partial charge in [0, 0.05) is 18.7 Å². The van der Waals surface area contributed by atoms with Crippen LogP contribution in [0.5, 0.6) is 0 Å². The second-order valence-corrected chi connectivity index (χ2v) is 9.00. The molecule has 1 N–H and O–H groups in total. The van der Waals surface area contributed by atoms with Crippen molar-refractivity contribution in [2.75, 3.05) is 22.4 Å². The average Bonchev–Trinajstić information content (AvgIpc) is 2.55. The Balaban J connectivity index is 2.00. The third-order valence-corrected chi connectivity index (χ3v) is 5.62. The molecule has 0 aliphatic rings. The summed E-state index contributed by atoms with van der Waals surface area (Å²) in [5.74, 6) is -0.109. The zero-order valence-electron chi connectivity index (χ0n) is 16.7. The quantitative estimate of drug-likeness (QED) is 0.776. The molecule has 5 nitrogen and oxygen atoms in total. The van der Waals surface area contributed by atoms with Gasteiger partial charge in [-0.2, -0.15) is 0 Å². The molecular formula is C21H28N2O3S. The van der Waals surface area contributed by atoms with Crippen LogP contribution in [0.25, 0.3) is 0 Å². The van der Waals surface area contributed by atoms with E-state index in [2.05, 4.69) is 5.32 Å². The van der Waals surface area contributed by atoms with Gasteiger partial charge in [-0.1, -0.05) is 35.4 Å². The lowest BCUT2D eigenvalue weighted by Gasteiger charge is -2.22. The normalized spacial score (nSPS) is 11.3. The number of carbonyl (C=O) groups is 1. The summed E-state index contributed by atoms with van der Waals surface area (Å²) in [4.78, 5) is 12.3. The molecule has 0 aliphatic carbocycles. The van der Waals surface area contributed by atoms with Gasteiger partial charge in [0.2, 0.25) is 15.9 Å². The van der Waals surface area contributed by atoms with Crippen molar-refractivity contribution in [1.82, 2.24) is 0 Å². The standard InChI is InChI=1S/C21H28N2O3S/c1-15-8-10-19(11-9-15)23(27(5,25)26)12-6-7-20(24)22-21-17(3)13-16(2)14-18(21)4/h8-11,13-14H,6-7,12H2,1-5H3,(H,22,24). The Hall–Kier alpha value is -2.34. The van der Waals surface area contributed by atoms with Crippen LogP contribution in [0.15, 0.2) is 36.4 Å². The summed E-state index contributed by atoms with van der Waals surface area (Å²) in [5, 5.41) is 2.96. The number of nitrogens with zero attached hydrogens (tertiary/aromatic N) is 1. The second kappa shape index (κ2) is 8.57. The topological polar surface area (TPSA) is 66.5 Å². The molecule has 0 atom stereocenters. The molecule has 0 saturated carbocycles.